The zero-order valence-electron chi connectivity index (χ0n) is 13.0. The molecule has 2 aromatic rings. The Bertz CT molecular complexity index is 732. The summed E-state index contributed by atoms with van der Waals surface area (Å²) in [6.07, 6.45) is 1.70. The van der Waals surface area contributed by atoms with Crippen LogP contribution < -0.4 is 9.64 Å². The molecule has 23 heavy (non-hydrogen) atoms. The molecular formula is C16H17ClN2O3S. The minimum absolute atomic E-state index is 0.134. The van der Waals surface area contributed by atoms with E-state index in [1.165, 1.54) is 11.3 Å². The largest absolute Gasteiger partial charge is 0.495 e. The minimum atomic E-state index is -0.134. The predicted octanol–water partition coefficient (Wildman–Crippen LogP) is 3.54. The van der Waals surface area contributed by atoms with Gasteiger partial charge < -0.3 is 14.4 Å². The standard InChI is InChI=1S/C16H17ClN2O3S/c1-21-8-14-18-12(9-23-14)16(20)19-7-3-4-10-11(17)5-6-13(22-2)15(10)19/h5-6,9H,3-4,7-8H2,1-2H3. The Kier molecular flexibility index (Phi) is 4.84. The molecule has 0 aliphatic carbocycles. The normalized spacial score (nSPS) is 13.8. The lowest BCUT2D eigenvalue weighted by Gasteiger charge is -2.31. The number of anilines is 1. The van der Waals surface area contributed by atoms with Gasteiger partial charge in [-0.05, 0) is 30.5 Å². The summed E-state index contributed by atoms with van der Waals surface area (Å²) in [6.45, 7) is 1.03. The van der Waals surface area contributed by atoms with E-state index in [4.69, 9.17) is 21.1 Å². The van der Waals surface area contributed by atoms with E-state index in [-0.39, 0.29) is 5.91 Å². The Labute approximate surface area is 143 Å². The fourth-order valence-corrected chi connectivity index (χ4v) is 3.74. The Balaban J connectivity index is 1.98. The maximum Gasteiger partial charge on any atom is 0.277 e. The lowest BCUT2D eigenvalue weighted by atomic mass is 10.0. The van der Waals surface area contributed by atoms with E-state index < -0.39 is 0 Å². The third-order valence-corrected chi connectivity index (χ3v) is 4.95. The topological polar surface area (TPSA) is 51.7 Å². The average Bonchev–Trinajstić information content (AvgIpc) is 3.03. The number of thiazole rings is 1. The van der Waals surface area contributed by atoms with Crippen LogP contribution in [0.1, 0.15) is 27.5 Å². The van der Waals surface area contributed by atoms with Gasteiger partial charge in [-0.2, -0.15) is 0 Å². The number of hydrogen-bond donors (Lipinski definition) is 0. The molecule has 0 radical (unpaired) electrons. The van der Waals surface area contributed by atoms with Crippen molar-refractivity contribution in [3.8, 4) is 5.75 Å². The number of hydrogen-bond acceptors (Lipinski definition) is 5. The van der Waals surface area contributed by atoms with Crippen molar-refractivity contribution in [3.05, 3.63) is 38.8 Å². The number of rotatable bonds is 4. The van der Waals surface area contributed by atoms with Crippen molar-refractivity contribution in [1.82, 2.24) is 4.98 Å². The van der Waals surface area contributed by atoms with Gasteiger partial charge in [0, 0.05) is 24.1 Å². The maximum atomic E-state index is 12.9. The lowest BCUT2D eigenvalue weighted by Crippen LogP contribution is -2.36. The van der Waals surface area contributed by atoms with Gasteiger partial charge in [0.25, 0.3) is 5.91 Å². The lowest BCUT2D eigenvalue weighted by molar-refractivity contribution is 0.0979. The smallest absolute Gasteiger partial charge is 0.277 e. The number of amides is 1. The third kappa shape index (κ3) is 3.06. The Morgan fingerprint density at radius 1 is 1.43 bits per heavy atom. The Morgan fingerprint density at radius 3 is 3.00 bits per heavy atom. The van der Waals surface area contributed by atoms with Crippen molar-refractivity contribution < 1.29 is 14.3 Å². The van der Waals surface area contributed by atoms with Gasteiger partial charge in [0.1, 0.15) is 16.5 Å². The van der Waals surface area contributed by atoms with Crippen molar-refractivity contribution in [2.24, 2.45) is 0 Å². The molecule has 0 saturated carbocycles. The highest BCUT2D eigenvalue weighted by atomic mass is 35.5. The molecule has 2 heterocycles. The molecule has 0 bridgehead atoms. The molecule has 122 valence electrons. The molecule has 1 amide bonds. The Hall–Kier alpha value is -1.63. The second kappa shape index (κ2) is 6.86. The SMILES string of the molecule is COCc1nc(C(=O)N2CCCc3c(Cl)ccc(OC)c32)cs1. The van der Waals surface area contributed by atoms with Gasteiger partial charge in [-0.3, -0.25) is 4.79 Å². The number of benzene rings is 1. The van der Waals surface area contributed by atoms with Crippen LogP contribution in [-0.2, 0) is 17.8 Å². The molecule has 1 aromatic carbocycles. The number of halogens is 1. The zero-order valence-corrected chi connectivity index (χ0v) is 14.5. The molecule has 0 atom stereocenters. The molecular weight excluding hydrogens is 336 g/mol. The fraction of sp³-hybridized carbons (Fsp3) is 0.375. The van der Waals surface area contributed by atoms with E-state index in [2.05, 4.69) is 4.98 Å². The van der Waals surface area contributed by atoms with Crippen LogP contribution in [0.2, 0.25) is 5.02 Å². The van der Waals surface area contributed by atoms with Gasteiger partial charge in [0.15, 0.2) is 0 Å². The molecule has 1 aliphatic rings. The first-order valence-corrected chi connectivity index (χ1v) is 8.52. The molecule has 0 unspecified atom stereocenters. The van der Waals surface area contributed by atoms with Gasteiger partial charge in [-0.1, -0.05) is 11.6 Å². The van der Waals surface area contributed by atoms with E-state index in [9.17, 15) is 4.79 Å². The van der Waals surface area contributed by atoms with Crippen molar-refractivity contribution in [2.45, 2.75) is 19.4 Å². The van der Waals surface area contributed by atoms with Crippen molar-refractivity contribution in [2.75, 3.05) is 25.7 Å². The first kappa shape index (κ1) is 16.2. The maximum absolute atomic E-state index is 12.9. The molecule has 1 aromatic heterocycles. The Morgan fingerprint density at radius 2 is 2.26 bits per heavy atom. The van der Waals surface area contributed by atoms with Crippen LogP contribution in [0.15, 0.2) is 17.5 Å². The van der Waals surface area contributed by atoms with Crippen LogP contribution >= 0.6 is 22.9 Å². The number of carbonyl (C=O) groups is 1. The first-order valence-electron chi connectivity index (χ1n) is 7.26. The summed E-state index contributed by atoms with van der Waals surface area (Å²) in [7, 11) is 3.21. The summed E-state index contributed by atoms with van der Waals surface area (Å²) >= 11 is 7.73. The van der Waals surface area contributed by atoms with Gasteiger partial charge in [0.2, 0.25) is 0 Å². The highest BCUT2D eigenvalue weighted by Crippen LogP contribution is 2.40. The van der Waals surface area contributed by atoms with Crippen LogP contribution in [0.4, 0.5) is 5.69 Å². The molecule has 3 rings (SSSR count). The van der Waals surface area contributed by atoms with E-state index in [1.54, 1.807) is 30.6 Å². The van der Waals surface area contributed by atoms with Gasteiger partial charge in [-0.15, -0.1) is 11.3 Å². The van der Waals surface area contributed by atoms with Crippen LogP contribution in [-0.4, -0.2) is 31.7 Å². The van der Waals surface area contributed by atoms with E-state index in [1.807, 2.05) is 6.07 Å². The number of fused-ring (bicyclic) bond motifs is 1. The summed E-state index contributed by atoms with van der Waals surface area (Å²) in [4.78, 5) is 19.0. The first-order chi connectivity index (χ1) is 11.2. The molecule has 1 aliphatic heterocycles. The summed E-state index contributed by atoms with van der Waals surface area (Å²) in [6, 6.07) is 3.61. The summed E-state index contributed by atoms with van der Waals surface area (Å²) < 4.78 is 10.5. The molecule has 0 spiro atoms. The van der Waals surface area contributed by atoms with Crippen LogP contribution in [0, 0.1) is 0 Å². The van der Waals surface area contributed by atoms with Gasteiger partial charge in [0.05, 0.1) is 19.4 Å². The quantitative estimate of drug-likeness (QED) is 0.844. The monoisotopic (exact) mass is 352 g/mol. The van der Waals surface area contributed by atoms with E-state index in [0.717, 1.165) is 29.1 Å². The number of ether oxygens (including phenoxy) is 2. The number of methoxy groups -OCH3 is 2. The summed E-state index contributed by atoms with van der Waals surface area (Å²) in [5.41, 5.74) is 2.15. The van der Waals surface area contributed by atoms with E-state index >= 15 is 0 Å². The molecule has 7 heteroatoms. The summed E-state index contributed by atoms with van der Waals surface area (Å²) in [5, 5.41) is 3.21. The second-order valence-electron chi connectivity index (χ2n) is 5.20. The van der Waals surface area contributed by atoms with Crippen LogP contribution in [0.25, 0.3) is 0 Å². The molecule has 0 saturated heterocycles. The van der Waals surface area contributed by atoms with Gasteiger partial charge >= 0.3 is 0 Å². The second-order valence-corrected chi connectivity index (χ2v) is 6.55. The highest BCUT2D eigenvalue weighted by molar-refractivity contribution is 7.09. The number of nitrogens with zero attached hydrogens (tertiary/aromatic N) is 2. The average molecular weight is 353 g/mol. The molecule has 5 nitrogen and oxygen atoms in total. The van der Waals surface area contributed by atoms with E-state index in [0.29, 0.717) is 29.6 Å². The van der Waals surface area contributed by atoms with Crippen molar-refractivity contribution in [3.63, 3.8) is 0 Å². The van der Waals surface area contributed by atoms with Crippen LogP contribution in [0.5, 0.6) is 5.75 Å². The molecule has 0 fully saturated rings. The van der Waals surface area contributed by atoms with Crippen molar-refractivity contribution in [1.29, 1.82) is 0 Å². The predicted molar refractivity (Wildman–Crippen MR) is 90.8 cm³/mol. The number of carbonyl (C=O) groups excluding carboxylic acids is 1. The van der Waals surface area contributed by atoms with Gasteiger partial charge in [-0.25, -0.2) is 4.98 Å². The van der Waals surface area contributed by atoms with Crippen molar-refractivity contribution >= 4 is 34.5 Å². The summed E-state index contributed by atoms with van der Waals surface area (Å²) in [5.74, 6) is 0.523. The van der Waals surface area contributed by atoms with Crippen LogP contribution in [0.3, 0.4) is 0 Å². The fourth-order valence-electron chi connectivity index (χ4n) is 2.75. The third-order valence-electron chi connectivity index (χ3n) is 3.77. The zero-order chi connectivity index (χ0) is 16.4. The number of aromatic nitrogens is 1. The minimum Gasteiger partial charge on any atom is -0.495 e. The highest BCUT2D eigenvalue weighted by Gasteiger charge is 2.29. The molecule has 0 N–H and O–H groups in total.